The van der Waals surface area contributed by atoms with Crippen LogP contribution in [0.3, 0.4) is 0 Å². The molecule has 0 aromatic rings. The maximum absolute atomic E-state index is 5.36. The molecule has 3 nitrogen and oxygen atoms in total. The number of nitrogens with one attached hydrogen (secondary N) is 1. The molecule has 1 heterocycles. The van der Waals surface area contributed by atoms with Crippen molar-refractivity contribution in [1.82, 2.24) is 10.4 Å². The van der Waals surface area contributed by atoms with Gasteiger partial charge in [-0.2, -0.15) is 5.06 Å². The lowest BCUT2D eigenvalue weighted by Crippen LogP contribution is -2.40. The van der Waals surface area contributed by atoms with E-state index < -0.39 is 0 Å². The van der Waals surface area contributed by atoms with Gasteiger partial charge in [0.2, 0.25) is 0 Å². The zero-order valence-electron chi connectivity index (χ0n) is 8.39. The molecule has 72 valence electrons. The Labute approximate surface area is 75.0 Å². The Morgan fingerprint density at radius 2 is 2.17 bits per heavy atom. The molecular formula is C9H20N2O. The van der Waals surface area contributed by atoms with Crippen LogP contribution in [0.5, 0.6) is 0 Å². The Balaban J connectivity index is 2.02. The van der Waals surface area contributed by atoms with Gasteiger partial charge in [0.15, 0.2) is 0 Å². The summed E-state index contributed by atoms with van der Waals surface area (Å²) in [7, 11) is 0. The van der Waals surface area contributed by atoms with Crippen LogP contribution in [-0.4, -0.2) is 36.8 Å². The number of rotatable bonds is 3. The highest BCUT2D eigenvalue weighted by Crippen LogP contribution is 2.03. The van der Waals surface area contributed by atoms with Gasteiger partial charge in [0.05, 0.1) is 6.61 Å². The van der Waals surface area contributed by atoms with Gasteiger partial charge in [0, 0.05) is 25.2 Å². The van der Waals surface area contributed by atoms with E-state index in [0.29, 0.717) is 0 Å². The summed E-state index contributed by atoms with van der Waals surface area (Å²) in [5.74, 6) is 0. The van der Waals surface area contributed by atoms with Gasteiger partial charge in [-0.15, -0.1) is 0 Å². The van der Waals surface area contributed by atoms with Crippen molar-refractivity contribution in [3.8, 4) is 0 Å². The second kappa shape index (κ2) is 4.21. The van der Waals surface area contributed by atoms with Crippen LogP contribution in [0, 0.1) is 0 Å². The van der Waals surface area contributed by atoms with Crippen molar-refractivity contribution in [1.29, 1.82) is 0 Å². The summed E-state index contributed by atoms with van der Waals surface area (Å²) in [6.07, 6.45) is 1.18. The fraction of sp³-hybridized carbons (Fsp3) is 1.00. The second-order valence-electron chi connectivity index (χ2n) is 4.29. The molecule has 0 spiro atoms. The summed E-state index contributed by atoms with van der Waals surface area (Å²) in [5.41, 5.74) is 0.222. The summed E-state index contributed by atoms with van der Waals surface area (Å²) >= 11 is 0. The maximum Gasteiger partial charge on any atom is 0.0698 e. The SMILES string of the molecule is CC(C)(C)NCCN1CCCO1. The van der Waals surface area contributed by atoms with Gasteiger partial charge in [-0.05, 0) is 27.2 Å². The average Bonchev–Trinajstić information content (AvgIpc) is 2.36. The first-order chi connectivity index (χ1) is 5.58. The molecule has 0 radical (unpaired) electrons. The molecule has 0 bridgehead atoms. The summed E-state index contributed by atoms with van der Waals surface area (Å²) < 4.78 is 0. The van der Waals surface area contributed by atoms with E-state index in [9.17, 15) is 0 Å². The highest BCUT2D eigenvalue weighted by Gasteiger charge is 2.13. The standard InChI is InChI=1S/C9H20N2O/c1-9(2,3)10-5-7-11-6-4-8-12-11/h10H,4-8H2,1-3H3. The molecule has 1 N–H and O–H groups in total. The molecule has 0 aliphatic carbocycles. The minimum absolute atomic E-state index is 0.222. The molecule has 0 atom stereocenters. The van der Waals surface area contributed by atoms with Gasteiger partial charge < -0.3 is 5.32 Å². The van der Waals surface area contributed by atoms with E-state index in [1.807, 2.05) is 5.06 Å². The molecule has 12 heavy (non-hydrogen) atoms. The van der Waals surface area contributed by atoms with Crippen LogP contribution in [-0.2, 0) is 4.84 Å². The topological polar surface area (TPSA) is 24.5 Å². The third kappa shape index (κ3) is 4.04. The number of hydroxylamine groups is 2. The lowest BCUT2D eigenvalue weighted by atomic mass is 10.1. The van der Waals surface area contributed by atoms with E-state index in [1.54, 1.807) is 0 Å². The van der Waals surface area contributed by atoms with Crippen LogP contribution in [0.1, 0.15) is 27.2 Å². The fourth-order valence-corrected chi connectivity index (χ4v) is 1.23. The van der Waals surface area contributed by atoms with E-state index in [0.717, 1.165) is 26.2 Å². The first kappa shape index (κ1) is 9.96. The number of hydrogen-bond acceptors (Lipinski definition) is 3. The van der Waals surface area contributed by atoms with Gasteiger partial charge in [0.25, 0.3) is 0 Å². The molecule has 1 fully saturated rings. The van der Waals surface area contributed by atoms with E-state index in [4.69, 9.17) is 4.84 Å². The summed E-state index contributed by atoms with van der Waals surface area (Å²) in [6.45, 7) is 10.5. The van der Waals surface area contributed by atoms with Gasteiger partial charge in [-0.1, -0.05) is 0 Å². The lowest BCUT2D eigenvalue weighted by Gasteiger charge is -2.22. The van der Waals surface area contributed by atoms with Crippen molar-refractivity contribution in [2.75, 3.05) is 26.2 Å². The Hall–Kier alpha value is -0.120. The molecule has 1 rings (SSSR count). The van der Waals surface area contributed by atoms with E-state index in [1.165, 1.54) is 6.42 Å². The minimum atomic E-state index is 0.222. The zero-order chi connectivity index (χ0) is 9.03. The highest BCUT2D eigenvalue weighted by molar-refractivity contribution is 4.70. The van der Waals surface area contributed by atoms with Gasteiger partial charge in [0.1, 0.15) is 0 Å². The molecule has 0 unspecified atom stereocenters. The van der Waals surface area contributed by atoms with Gasteiger partial charge in [-0.3, -0.25) is 4.84 Å². The Kier molecular flexibility index (Phi) is 3.50. The molecular weight excluding hydrogens is 152 g/mol. The van der Waals surface area contributed by atoms with E-state index in [2.05, 4.69) is 26.1 Å². The van der Waals surface area contributed by atoms with Crippen LogP contribution in [0.4, 0.5) is 0 Å². The molecule has 0 saturated carbocycles. The van der Waals surface area contributed by atoms with Crippen molar-refractivity contribution in [2.45, 2.75) is 32.7 Å². The largest absolute Gasteiger partial charge is 0.311 e. The van der Waals surface area contributed by atoms with Gasteiger partial charge in [-0.25, -0.2) is 0 Å². The molecule has 0 aromatic heterocycles. The van der Waals surface area contributed by atoms with E-state index >= 15 is 0 Å². The van der Waals surface area contributed by atoms with Crippen molar-refractivity contribution in [2.24, 2.45) is 0 Å². The number of hydrogen-bond donors (Lipinski definition) is 1. The fourth-order valence-electron chi connectivity index (χ4n) is 1.23. The van der Waals surface area contributed by atoms with Crippen LogP contribution >= 0.6 is 0 Å². The zero-order valence-corrected chi connectivity index (χ0v) is 8.39. The van der Waals surface area contributed by atoms with Crippen LogP contribution in [0.2, 0.25) is 0 Å². The highest BCUT2D eigenvalue weighted by atomic mass is 16.7. The lowest BCUT2D eigenvalue weighted by molar-refractivity contribution is -0.108. The van der Waals surface area contributed by atoms with Gasteiger partial charge >= 0.3 is 0 Å². The molecule has 1 saturated heterocycles. The summed E-state index contributed by atoms with van der Waals surface area (Å²) in [4.78, 5) is 5.36. The molecule has 1 aliphatic heterocycles. The van der Waals surface area contributed by atoms with Crippen LogP contribution in [0.15, 0.2) is 0 Å². The monoisotopic (exact) mass is 172 g/mol. The van der Waals surface area contributed by atoms with Crippen LogP contribution in [0.25, 0.3) is 0 Å². The Morgan fingerprint density at radius 1 is 1.42 bits per heavy atom. The van der Waals surface area contributed by atoms with E-state index in [-0.39, 0.29) is 5.54 Å². The average molecular weight is 172 g/mol. The van der Waals surface area contributed by atoms with Crippen molar-refractivity contribution in [3.05, 3.63) is 0 Å². The second-order valence-corrected chi connectivity index (χ2v) is 4.29. The van der Waals surface area contributed by atoms with Crippen LogP contribution < -0.4 is 5.32 Å². The van der Waals surface area contributed by atoms with Crippen molar-refractivity contribution in [3.63, 3.8) is 0 Å². The first-order valence-corrected chi connectivity index (χ1v) is 4.71. The first-order valence-electron chi connectivity index (χ1n) is 4.71. The quantitative estimate of drug-likeness (QED) is 0.687. The third-order valence-corrected chi connectivity index (χ3v) is 1.84. The Morgan fingerprint density at radius 3 is 2.67 bits per heavy atom. The Bertz CT molecular complexity index is 125. The summed E-state index contributed by atoms with van der Waals surface area (Å²) in [6, 6.07) is 0. The van der Waals surface area contributed by atoms with Crippen molar-refractivity contribution < 1.29 is 4.84 Å². The molecule has 1 aliphatic rings. The normalized spacial score (nSPS) is 20.2. The minimum Gasteiger partial charge on any atom is -0.311 e. The third-order valence-electron chi connectivity index (χ3n) is 1.84. The molecule has 0 aromatic carbocycles. The predicted octanol–water partition coefficient (Wildman–Crippen LogP) is 1.01. The molecule has 3 heteroatoms. The maximum atomic E-state index is 5.36. The molecule has 0 amide bonds. The smallest absolute Gasteiger partial charge is 0.0698 e. The predicted molar refractivity (Wildman–Crippen MR) is 49.9 cm³/mol. The number of nitrogens with zero attached hydrogens (tertiary/aromatic N) is 1. The van der Waals surface area contributed by atoms with Crippen molar-refractivity contribution >= 4 is 0 Å². The summed E-state index contributed by atoms with van der Waals surface area (Å²) in [5, 5.41) is 5.47.